The third-order valence-electron chi connectivity index (χ3n) is 2.89. The molecule has 0 unspecified atom stereocenters. The number of anilines is 2. The predicted octanol–water partition coefficient (Wildman–Crippen LogP) is 4.10. The highest BCUT2D eigenvalue weighted by molar-refractivity contribution is 6.31. The zero-order valence-electron chi connectivity index (χ0n) is 12.5. The average molecular weight is 285 g/mol. The molecule has 2 aromatic rings. The topological polar surface area (TPSA) is 12.5 Å². The Balaban J connectivity index is 2.13. The Hall–Kier alpha value is -1.58. The molecule has 0 aromatic heterocycles. The van der Waals surface area contributed by atoms with E-state index in [0.717, 1.165) is 0 Å². The van der Waals surface area contributed by atoms with Gasteiger partial charge in [0, 0.05) is 11.4 Å². The summed E-state index contributed by atoms with van der Waals surface area (Å²) in [5.74, 6) is 0. The highest BCUT2D eigenvalue weighted by atomic mass is 28.2. The molecule has 0 N–H and O–H groups in total. The van der Waals surface area contributed by atoms with E-state index >= 15 is 0 Å². The average Bonchev–Trinajstić information content (AvgIpc) is 2.44. The molecule has 0 saturated heterocycles. The fourth-order valence-corrected chi connectivity index (χ4v) is 2.84. The van der Waals surface area contributed by atoms with Gasteiger partial charge in [-0.3, -0.25) is 0 Å². The van der Waals surface area contributed by atoms with Crippen molar-refractivity contribution < 1.29 is 4.43 Å². The molecule has 0 aliphatic heterocycles. The minimum Gasteiger partial charge on any atom is -0.406 e. The molecule has 0 radical (unpaired) electrons. The first-order chi connectivity index (χ1) is 9.56. The van der Waals surface area contributed by atoms with Crippen molar-refractivity contribution in [2.45, 2.75) is 25.8 Å². The van der Waals surface area contributed by atoms with Crippen molar-refractivity contribution in [1.29, 1.82) is 0 Å². The van der Waals surface area contributed by atoms with Crippen LogP contribution < -0.4 is 4.90 Å². The first-order valence-electron chi connectivity index (χ1n) is 7.02. The fourth-order valence-electron chi connectivity index (χ4n) is 1.96. The summed E-state index contributed by atoms with van der Waals surface area (Å²) in [5, 5.41) is 0.318. The van der Waals surface area contributed by atoms with Gasteiger partial charge < -0.3 is 9.33 Å². The van der Waals surface area contributed by atoms with Gasteiger partial charge in [0.05, 0.1) is 0 Å². The lowest BCUT2D eigenvalue weighted by molar-refractivity contribution is 0.330. The fraction of sp³-hybridized carbons (Fsp3) is 0.294. The van der Waals surface area contributed by atoms with Gasteiger partial charge in [-0.25, -0.2) is 0 Å². The Morgan fingerprint density at radius 2 is 1.30 bits per heavy atom. The molecule has 3 heteroatoms. The van der Waals surface area contributed by atoms with Crippen LogP contribution in [0.1, 0.15) is 20.8 Å². The molecule has 2 aromatic carbocycles. The monoisotopic (exact) mass is 285 g/mol. The second-order valence-electron chi connectivity index (χ2n) is 6.14. The molecule has 0 heterocycles. The Kier molecular flexibility index (Phi) is 4.98. The second-order valence-corrected chi connectivity index (χ2v) is 8.96. The third kappa shape index (κ3) is 4.51. The summed E-state index contributed by atoms with van der Waals surface area (Å²) in [6, 6.07) is 20.8. The zero-order chi connectivity index (χ0) is 14.4. The van der Waals surface area contributed by atoms with Crippen LogP contribution in [0.4, 0.5) is 11.4 Å². The Morgan fingerprint density at radius 1 is 0.850 bits per heavy atom. The van der Waals surface area contributed by atoms with Crippen molar-refractivity contribution in [1.82, 2.24) is 0 Å². The van der Waals surface area contributed by atoms with E-state index in [1.54, 1.807) is 0 Å². The Bertz CT molecular complexity index is 468. The van der Waals surface area contributed by atoms with Crippen LogP contribution in [0.15, 0.2) is 60.7 Å². The molecule has 0 amide bonds. The van der Waals surface area contributed by atoms with Gasteiger partial charge in [-0.1, -0.05) is 57.2 Å². The number of rotatable bonds is 5. The number of nitrogens with zero attached hydrogens (tertiary/aromatic N) is 1. The van der Waals surface area contributed by atoms with Gasteiger partial charge in [-0.2, -0.15) is 0 Å². The molecule has 0 saturated carbocycles. The molecule has 0 aliphatic carbocycles. The maximum absolute atomic E-state index is 6.03. The van der Waals surface area contributed by atoms with Crippen LogP contribution in [-0.4, -0.2) is 16.5 Å². The van der Waals surface area contributed by atoms with Crippen LogP contribution >= 0.6 is 0 Å². The second kappa shape index (κ2) is 6.73. The lowest BCUT2D eigenvalue weighted by Crippen LogP contribution is -2.24. The summed E-state index contributed by atoms with van der Waals surface area (Å²) in [6.45, 7) is 7.36. The molecule has 0 bridgehead atoms. The number of para-hydroxylation sites is 2. The standard InChI is InChI=1S/C17H23NOSi/c1-17(2,3)20-19-14-18(15-10-6-4-7-11-15)16-12-8-5-9-13-16/h4-13H,14,20H2,1-3H3. The quantitative estimate of drug-likeness (QED) is 0.606. The first kappa shape index (κ1) is 14.8. The van der Waals surface area contributed by atoms with E-state index in [9.17, 15) is 0 Å². The van der Waals surface area contributed by atoms with Crippen molar-refractivity contribution >= 4 is 21.1 Å². The van der Waals surface area contributed by atoms with Gasteiger partial charge in [-0.05, 0) is 29.3 Å². The molecule has 2 rings (SSSR count). The van der Waals surface area contributed by atoms with Crippen molar-refractivity contribution in [3.8, 4) is 0 Å². The largest absolute Gasteiger partial charge is 0.406 e. The summed E-state index contributed by atoms with van der Waals surface area (Å²) in [7, 11) is -0.545. The van der Waals surface area contributed by atoms with E-state index in [4.69, 9.17) is 4.43 Å². The van der Waals surface area contributed by atoms with Crippen molar-refractivity contribution in [3.63, 3.8) is 0 Å². The molecular formula is C17H23NOSi. The number of benzene rings is 2. The van der Waals surface area contributed by atoms with E-state index in [2.05, 4.69) is 74.2 Å². The first-order valence-corrected chi connectivity index (χ1v) is 8.30. The van der Waals surface area contributed by atoms with E-state index in [-0.39, 0.29) is 0 Å². The van der Waals surface area contributed by atoms with Gasteiger partial charge in [0.1, 0.15) is 6.73 Å². The Morgan fingerprint density at radius 3 is 1.70 bits per heavy atom. The summed E-state index contributed by atoms with van der Waals surface area (Å²) >= 11 is 0. The van der Waals surface area contributed by atoms with Crippen LogP contribution in [0.3, 0.4) is 0 Å². The summed E-state index contributed by atoms with van der Waals surface area (Å²) in [4.78, 5) is 2.22. The smallest absolute Gasteiger partial charge is 0.169 e. The van der Waals surface area contributed by atoms with E-state index in [0.29, 0.717) is 11.8 Å². The van der Waals surface area contributed by atoms with Crippen LogP contribution in [0.5, 0.6) is 0 Å². The highest BCUT2D eigenvalue weighted by Crippen LogP contribution is 2.26. The van der Waals surface area contributed by atoms with E-state index in [1.165, 1.54) is 11.4 Å². The van der Waals surface area contributed by atoms with Crippen molar-refractivity contribution in [3.05, 3.63) is 60.7 Å². The maximum atomic E-state index is 6.03. The van der Waals surface area contributed by atoms with E-state index < -0.39 is 9.76 Å². The molecule has 0 fully saturated rings. The summed E-state index contributed by atoms with van der Waals surface area (Å²) in [6.07, 6.45) is 0. The minimum absolute atomic E-state index is 0.318. The van der Waals surface area contributed by atoms with Gasteiger partial charge in [0.15, 0.2) is 9.76 Å². The highest BCUT2D eigenvalue weighted by Gasteiger charge is 2.14. The SMILES string of the molecule is CC(C)(C)[SiH2]OCN(c1ccccc1)c1ccccc1. The molecule has 2 nitrogen and oxygen atoms in total. The number of hydrogen-bond acceptors (Lipinski definition) is 2. The molecule has 20 heavy (non-hydrogen) atoms. The van der Waals surface area contributed by atoms with Gasteiger partial charge in [0.2, 0.25) is 0 Å². The molecule has 0 aliphatic rings. The summed E-state index contributed by atoms with van der Waals surface area (Å²) in [5.41, 5.74) is 2.34. The third-order valence-corrected chi connectivity index (χ3v) is 4.14. The van der Waals surface area contributed by atoms with Crippen LogP contribution in [0, 0.1) is 0 Å². The molecule has 0 atom stereocenters. The van der Waals surface area contributed by atoms with Crippen molar-refractivity contribution in [2.24, 2.45) is 0 Å². The normalized spacial score (nSPS) is 11.9. The predicted molar refractivity (Wildman–Crippen MR) is 89.2 cm³/mol. The van der Waals surface area contributed by atoms with Crippen LogP contribution in [0.2, 0.25) is 5.04 Å². The maximum Gasteiger partial charge on any atom is 0.169 e. The lowest BCUT2D eigenvalue weighted by Gasteiger charge is -2.27. The molecule has 0 spiro atoms. The van der Waals surface area contributed by atoms with Gasteiger partial charge in [0.25, 0.3) is 0 Å². The number of hydrogen-bond donors (Lipinski definition) is 0. The van der Waals surface area contributed by atoms with E-state index in [1.807, 2.05) is 12.1 Å². The van der Waals surface area contributed by atoms with Crippen LogP contribution in [0.25, 0.3) is 0 Å². The lowest BCUT2D eigenvalue weighted by atomic mass is 10.2. The van der Waals surface area contributed by atoms with Gasteiger partial charge in [-0.15, -0.1) is 0 Å². The van der Waals surface area contributed by atoms with Gasteiger partial charge >= 0.3 is 0 Å². The molecular weight excluding hydrogens is 262 g/mol. The van der Waals surface area contributed by atoms with Crippen molar-refractivity contribution in [2.75, 3.05) is 11.6 Å². The zero-order valence-corrected chi connectivity index (χ0v) is 14.0. The minimum atomic E-state index is -0.545. The Labute approximate surface area is 124 Å². The molecule has 106 valence electrons. The van der Waals surface area contributed by atoms with Crippen LogP contribution in [-0.2, 0) is 4.43 Å². The summed E-state index contributed by atoms with van der Waals surface area (Å²) < 4.78 is 6.03.